The van der Waals surface area contributed by atoms with Crippen molar-refractivity contribution in [3.05, 3.63) is 57.8 Å². The number of hydrogen-bond donors (Lipinski definition) is 0. The SMILES string of the molecule is CCN(Cc1ccncc1)C(=O)c1c(OCC2CC2)cc(=O)n2c1CCCCC2. The summed E-state index contributed by atoms with van der Waals surface area (Å²) in [7, 11) is 0. The summed E-state index contributed by atoms with van der Waals surface area (Å²) in [5.41, 5.74) is 2.42. The third-order valence-electron chi connectivity index (χ3n) is 5.85. The van der Waals surface area contributed by atoms with Crippen LogP contribution in [0.3, 0.4) is 0 Å². The maximum atomic E-state index is 13.7. The van der Waals surface area contributed by atoms with E-state index >= 15 is 0 Å². The van der Waals surface area contributed by atoms with Crippen LogP contribution in [0.2, 0.25) is 0 Å². The third-order valence-corrected chi connectivity index (χ3v) is 5.85. The second kappa shape index (κ2) is 8.80. The molecular weight excluding hydrogens is 366 g/mol. The average molecular weight is 396 g/mol. The molecule has 2 aromatic heterocycles. The molecule has 0 saturated heterocycles. The Morgan fingerprint density at radius 2 is 2.03 bits per heavy atom. The highest BCUT2D eigenvalue weighted by molar-refractivity contribution is 5.98. The molecule has 6 heteroatoms. The average Bonchev–Trinajstić information content (AvgIpc) is 3.57. The van der Waals surface area contributed by atoms with Crippen molar-refractivity contribution < 1.29 is 9.53 Å². The first-order valence-electron chi connectivity index (χ1n) is 10.7. The molecule has 0 aromatic carbocycles. The monoisotopic (exact) mass is 395 g/mol. The summed E-state index contributed by atoms with van der Waals surface area (Å²) < 4.78 is 7.84. The number of nitrogens with zero attached hydrogens (tertiary/aromatic N) is 3. The van der Waals surface area contributed by atoms with Crippen LogP contribution in [-0.2, 0) is 19.5 Å². The molecule has 6 nitrogen and oxygen atoms in total. The predicted molar refractivity (Wildman–Crippen MR) is 111 cm³/mol. The molecule has 2 aliphatic rings. The summed E-state index contributed by atoms with van der Waals surface area (Å²) in [6.07, 6.45) is 9.58. The van der Waals surface area contributed by atoms with Gasteiger partial charge in [-0.25, -0.2) is 0 Å². The highest BCUT2D eigenvalue weighted by Gasteiger charge is 2.29. The fourth-order valence-electron chi connectivity index (χ4n) is 3.95. The molecule has 154 valence electrons. The van der Waals surface area contributed by atoms with Crippen molar-refractivity contribution in [1.82, 2.24) is 14.5 Å². The third kappa shape index (κ3) is 4.52. The first-order valence-corrected chi connectivity index (χ1v) is 10.7. The largest absolute Gasteiger partial charge is 0.492 e. The zero-order valence-corrected chi connectivity index (χ0v) is 17.1. The van der Waals surface area contributed by atoms with Gasteiger partial charge in [0.15, 0.2) is 0 Å². The Kier molecular flexibility index (Phi) is 5.97. The predicted octanol–water partition coefficient (Wildman–Crippen LogP) is 3.42. The molecule has 0 atom stereocenters. The van der Waals surface area contributed by atoms with Gasteiger partial charge in [0.25, 0.3) is 11.5 Å². The highest BCUT2D eigenvalue weighted by atomic mass is 16.5. The smallest absolute Gasteiger partial charge is 0.259 e. The maximum Gasteiger partial charge on any atom is 0.259 e. The van der Waals surface area contributed by atoms with Gasteiger partial charge in [0.2, 0.25) is 0 Å². The van der Waals surface area contributed by atoms with Gasteiger partial charge in [0.05, 0.1) is 6.61 Å². The highest BCUT2D eigenvalue weighted by Crippen LogP contribution is 2.32. The number of carbonyl (C=O) groups is 1. The van der Waals surface area contributed by atoms with Crippen LogP contribution in [0, 0.1) is 5.92 Å². The molecule has 1 saturated carbocycles. The van der Waals surface area contributed by atoms with Gasteiger partial charge in [-0.3, -0.25) is 14.6 Å². The van der Waals surface area contributed by atoms with E-state index in [0.717, 1.165) is 49.8 Å². The van der Waals surface area contributed by atoms with E-state index in [2.05, 4.69) is 4.98 Å². The Bertz CT molecular complexity index is 919. The van der Waals surface area contributed by atoms with Crippen molar-refractivity contribution in [2.45, 2.75) is 58.5 Å². The van der Waals surface area contributed by atoms with Crippen molar-refractivity contribution in [3.63, 3.8) is 0 Å². The van der Waals surface area contributed by atoms with Crippen LogP contribution in [0.4, 0.5) is 0 Å². The first-order chi connectivity index (χ1) is 14.2. The van der Waals surface area contributed by atoms with Gasteiger partial charge >= 0.3 is 0 Å². The normalized spacial score (nSPS) is 16.0. The number of hydrogen-bond acceptors (Lipinski definition) is 4. The summed E-state index contributed by atoms with van der Waals surface area (Å²) in [6, 6.07) is 5.39. The van der Waals surface area contributed by atoms with E-state index in [4.69, 9.17) is 4.74 Å². The first kappa shape index (κ1) is 19.7. The quantitative estimate of drug-likeness (QED) is 0.721. The number of ether oxygens (including phenoxy) is 1. The van der Waals surface area contributed by atoms with E-state index in [1.54, 1.807) is 17.0 Å². The molecule has 1 aliphatic heterocycles. The number of rotatable bonds is 7. The van der Waals surface area contributed by atoms with E-state index in [1.807, 2.05) is 24.0 Å². The van der Waals surface area contributed by atoms with Crippen molar-refractivity contribution in [3.8, 4) is 5.75 Å². The Morgan fingerprint density at radius 1 is 1.24 bits per heavy atom. The summed E-state index contributed by atoms with van der Waals surface area (Å²) in [5.74, 6) is 0.965. The lowest BCUT2D eigenvalue weighted by molar-refractivity contribution is 0.0745. The van der Waals surface area contributed by atoms with Crippen LogP contribution in [0.1, 0.15) is 60.6 Å². The Hall–Kier alpha value is -2.63. The summed E-state index contributed by atoms with van der Waals surface area (Å²) in [6.45, 7) is 4.34. The van der Waals surface area contributed by atoms with Crippen LogP contribution in [-0.4, -0.2) is 33.5 Å². The summed E-state index contributed by atoms with van der Waals surface area (Å²) >= 11 is 0. The molecule has 0 unspecified atom stereocenters. The Morgan fingerprint density at radius 3 is 2.76 bits per heavy atom. The lowest BCUT2D eigenvalue weighted by atomic mass is 10.1. The van der Waals surface area contributed by atoms with Crippen LogP contribution in [0.15, 0.2) is 35.4 Å². The number of amides is 1. The van der Waals surface area contributed by atoms with Gasteiger partial charge in [-0.2, -0.15) is 0 Å². The van der Waals surface area contributed by atoms with Crippen molar-refractivity contribution in [2.75, 3.05) is 13.2 Å². The molecule has 2 aromatic rings. The second-order valence-electron chi connectivity index (χ2n) is 8.06. The minimum absolute atomic E-state index is 0.0542. The second-order valence-corrected chi connectivity index (χ2v) is 8.06. The van der Waals surface area contributed by atoms with Crippen molar-refractivity contribution >= 4 is 5.91 Å². The summed E-state index contributed by atoms with van der Waals surface area (Å²) in [4.78, 5) is 32.3. The van der Waals surface area contributed by atoms with Gasteiger partial charge in [0.1, 0.15) is 11.3 Å². The van der Waals surface area contributed by atoms with Gasteiger partial charge in [-0.15, -0.1) is 0 Å². The van der Waals surface area contributed by atoms with Crippen LogP contribution < -0.4 is 10.3 Å². The molecule has 0 N–H and O–H groups in total. The maximum absolute atomic E-state index is 13.7. The van der Waals surface area contributed by atoms with Gasteiger partial charge < -0.3 is 14.2 Å². The molecule has 0 spiro atoms. The zero-order chi connectivity index (χ0) is 20.2. The van der Waals surface area contributed by atoms with Gasteiger partial charge in [0, 0.05) is 43.8 Å². The van der Waals surface area contributed by atoms with Crippen LogP contribution >= 0.6 is 0 Å². The van der Waals surface area contributed by atoms with Gasteiger partial charge in [-0.05, 0) is 62.6 Å². The van der Waals surface area contributed by atoms with E-state index < -0.39 is 0 Å². The molecule has 3 heterocycles. The molecule has 1 aliphatic carbocycles. The molecule has 0 bridgehead atoms. The van der Waals surface area contributed by atoms with E-state index in [1.165, 1.54) is 6.07 Å². The minimum Gasteiger partial charge on any atom is -0.492 e. The molecule has 1 fully saturated rings. The number of aromatic nitrogens is 2. The lowest BCUT2D eigenvalue weighted by Crippen LogP contribution is -2.34. The van der Waals surface area contributed by atoms with Crippen LogP contribution in [0.25, 0.3) is 0 Å². The van der Waals surface area contributed by atoms with E-state index in [0.29, 0.717) is 43.5 Å². The number of pyridine rings is 2. The van der Waals surface area contributed by atoms with E-state index in [-0.39, 0.29) is 11.5 Å². The van der Waals surface area contributed by atoms with Gasteiger partial charge in [-0.1, -0.05) is 6.42 Å². The summed E-state index contributed by atoms with van der Waals surface area (Å²) in [5, 5.41) is 0. The number of fused-ring (bicyclic) bond motifs is 1. The van der Waals surface area contributed by atoms with Crippen molar-refractivity contribution in [2.24, 2.45) is 5.92 Å². The fraction of sp³-hybridized carbons (Fsp3) is 0.522. The zero-order valence-electron chi connectivity index (χ0n) is 17.1. The molecule has 29 heavy (non-hydrogen) atoms. The van der Waals surface area contributed by atoms with E-state index in [9.17, 15) is 9.59 Å². The Labute approximate surface area is 171 Å². The molecular formula is C23H29N3O3. The van der Waals surface area contributed by atoms with Crippen molar-refractivity contribution in [1.29, 1.82) is 0 Å². The minimum atomic E-state index is -0.0549. The molecule has 4 rings (SSSR count). The van der Waals surface area contributed by atoms with Crippen LogP contribution in [0.5, 0.6) is 5.75 Å². The fourth-order valence-corrected chi connectivity index (χ4v) is 3.95. The standard InChI is InChI=1S/C23H29N3O3/c1-2-25(15-17-9-11-24-12-10-17)23(28)22-19-6-4-3-5-13-26(19)21(27)14-20(22)29-16-18-7-8-18/h9-12,14,18H,2-8,13,15-16H2,1H3. The lowest BCUT2D eigenvalue weighted by Gasteiger charge is -2.25. The Balaban J connectivity index is 1.72. The topological polar surface area (TPSA) is 64.4 Å². The molecule has 0 radical (unpaired) electrons. The number of carbonyl (C=O) groups excluding carboxylic acids is 1. The molecule has 1 amide bonds.